The van der Waals surface area contributed by atoms with Crippen LogP contribution in [-0.4, -0.2) is 0 Å². The molecule has 0 amide bonds. The smallest absolute Gasteiger partial charge is 0.0887 e. The molecule has 0 N–H and O–H groups in total. The summed E-state index contributed by atoms with van der Waals surface area (Å²) in [5.41, 5.74) is 15.8. The molecular formula is C54H63ClN2. The lowest BCUT2D eigenvalue weighted by atomic mass is 9.83. The van der Waals surface area contributed by atoms with Gasteiger partial charge in [0.1, 0.15) is 0 Å². The lowest BCUT2D eigenvalue weighted by molar-refractivity contribution is 0.589. The van der Waals surface area contributed by atoms with Gasteiger partial charge in [-0.2, -0.15) is 0 Å². The number of anilines is 6. The molecule has 2 nitrogen and oxygen atoms in total. The van der Waals surface area contributed by atoms with Crippen LogP contribution in [0, 0.1) is 13.8 Å². The second kappa shape index (κ2) is 15.5. The van der Waals surface area contributed by atoms with Crippen LogP contribution >= 0.6 is 11.6 Å². The highest BCUT2D eigenvalue weighted by Gasteiger charge is 2.29. The maximum absolute atomic E-state index is 7.98. The number of aryl methyl sites for hydroxylation is 2. The molecule has 0 heterocycles. The topological polar surface area (TPSA) is 6.48 Å². The zero-order chi connectivity index (χ0) is 41.7. The van der Waals surface area contributed by atoms with Crippen LogP contribution in [0.4, 0.5) is 34.1 Å². The molecule has 296 valence electrons. The molecule has 0 atom stereocenters. The van der Waals surface area contributed by atoms with Crippen LogP contribution in [0.3, 0.4) is 0 Å². The van der Waals surface area contributed by atoms with Crippen LogP contribution in [0.1, 0.15) is 116 Å². The molecule has 0 saturated heterocycles. The van der Waals surface area contributed by atoms with E-state index in [1.165, 1.54) is 38.9 Å². The molecule has 0 aliphatic heterocycles. The van der Waals surface area contributed by atoms with Gasteiger partial charge >= 0.3 is 0 Å². The van der Waals surface area contributed by atoms with E-state index >= 15 is 0 Å². The number of benzene rings is 6. The van der Waals surface area contributed by atoms with Crippen molar-refractivity contribution in [1.82, 2.24) is 0 Å². The van der Waals surface area contributed by atoms with Crippen molar-refractivity contribution >= 4 is 45.7 Å². The number of hydrogen-bond acceptors (Lipinski definition) is 2. The van der Waals surface area contributed by atoms with E-state index in [1.54, 1.807) is 0 Å². The summed E-state index contributed by atoms with van der Waals surface area (Å²) in [6, 6.07) is 47.3. The van der Waals surface area contributed by atoms with Crippen molar-refractivity contribution in [3.63, 3.8) is 0 Å². The molecule has 6 aromatic rings. The quantitative estimate of drug-likeness (QED) is 0.159. The summed E-state index contributed by atoms with van der Waals surface area (Å²) < 4.78 is 0. The van der Waals surface area contributed by atoms with Crippen LogP contribution in [0.25, 0.3) is 11.1 Å². The number of nitrogens with zero attached hydrogens (tertiary/aromatic N) is 2. The van der Waals surface area contributed by atoms with Crippen molar-refractivity contribution in [2.45, 2.75) is 119 Å². The van der Waals surface area contributed by atoms with Crippen molar-refractivity contribution in [2.75, 3.05) is 9.80 Å². The predicted octanol–water partition coefficient (Wildman–Crippen LogP) is 16.8. The third-order valence-electron chi connectivity index (χ3n) is 11.1. The highest BCUT2D eigenvalue weighted by molar-refractivity contribution is 6.37. The Morgan fingerprint density at radius 3 is 1.12 bits per heavy atom. The van der Waals surface area contributed by atoms with Crippen LogP contribution in [-0.2, 0) is 21.7 Å². The number of hydrogen-bond donors (Lipinski definition) is 0. The van der Waals surface area contributed by atoms with E-state index < -0.39 is 0 Å². The van der Waals surface area contributed by atoms with E-state index in [4.69, 9.17) is 11.6 Å². The average molecular weight is 776 g/mol. The summed E-state index contributed by atoms with van der Waals surface area (Å²) >= 11 is 7.98. The van der Waals surface area contributed by atoms with E-state index in [0.717, 1.165) is 39.7 Å². The van der Waals surface area contributed by atoms with Crippen molar-refractivity contribution in [3.05, 3.63) is 166 Å². The largest absolute Gasteiger partial charge is 0.309 e. The Hall–Kier alpha value is -4.79. The molecule has 0 aromatic heterocycles. The summed E-state index contributed by atoms with van der Waals surface area (Å²) in [6.45, 7) is 31.6. The van der Waals surface area contributed by atoms with Crippen LogP contribution in [0.2, 0.25) is 5.02 Å². The summed E-state index contributed by atoms with van der Waals surface area (Å²) in [5.74, 6) is 0. The van der Waals surface area contributed by atoms with Gasteiger partial charge < -0.3 is 9.80 Å². The lowest BCUT2D eigenvalue weighted by Gasteiger charge is -2.35. The zero-order valence-electron chi connectivity index (χ0n) is 36.9. The monoisotopic (exact) mass is 774 g/mol. The van der Waals surface area contributed by atoms with Crippen molar-refractivity contribution < 1.29 is 0 Å². The fourth-order valence-electron chi connectivity index (χ4n) is 7.26. The molecular weight excluding hydrogens is 712 g/mol. The van der Waals surface area contributed by atoms with Gasteiger partial charge in [-0.3, -0.25) is 0 Å². The van der Waals surface area contributed by atoms with Gasteiger partial charge in [0.2, 0.25) is 0 Å². The maximum atomic E-state index is 7.98. The van der Waals surface area contributed by atoms with E-state index in [9.17, 15) is 0 Å². The molecule has 3 heteroatoms. The Morgan fingerprint density at radius 2 is 0.702 bits per heavy atom. The summed E-state index contributed by atoms with van der Waals surface area (Å²) in [7, 11) is 0. The average Bonchev–Trinajstić information content (AvgIpc) is 3.13. The molecule has 0 aliphatic rings. The third-order valence-corrected chi connectivity index (χ3v) is 11.5. The van der Waals surface area contributed by atoms with E-state index in [0.29, 0.717) is 5.02 Å². The molecule has 0 saturated carbocycles. The molecule has 0 aliphatic carbocycles. The fraction of sp³-hybridized carbons (Fsp3) is 0.333. The highest BCUT2D eigenvalue weighted by Crippen LogP contribution is 2.51. The van der Waals surface area contributed by atoms with E-state index in [1.807, 2.05) is 0 Å². The predicted molar refractivity (Wildman–Crippen MR) is 251 cm³/mol. The minimum absolute atomic E-state index is 0.0338. The highest BCUT2D eigenvalue weighted by atomic mass is 35.5. The number of rotatable bonds is 7. The molecule has 6 aromatic carbocycles. The standard InChI is InChI=1S/C54H63ClN2/c1-36-15-26-43(27-16-36)56(44-30-23-40(24-31-44)52(6,7)8)48-34-42(54(12,13)14)35-49(50(48)55)57(45-28-17-37(2)18-29-45)47-32-25-41(53(9,10)11)33-46(47)38-19-21-39(22-20-38)51(3,4)5/h15-35H,1-14H3. The first-order chi connectivity index (χ1) is 26.5. The lowest BCUT2D eigenvalue weighted by Crippen LogP contribution is -2.19. The van der Waals surface area contributed by atoms with Gasteiger partial charge in [0.15, 0.2) is 0 Å². The molecule has 0 unspecified atom stereocenters. The van der Waals surface area contributed by atoms with Crippen molar-refractivity contribution in [2.24, 2.45) is 0 Å². The van der Waals surface area contributed by atoms with Gasteiger partial charge in [0.25, 0.3) is 0 Å². The van der Waals surface area contributed by atoms with Crippen LogP contribution in [0.15, 0.2) is 127 Å². The Balaban J connectivity index is 1.69. The molecule has 0 bridgehead atoms. The van der Waals surface area contributed by atoms with Gasteiger partial charge in [-0.1, -0.05) is 173 Å². The van der Waals surface area contributed by atoms with Crippen LogP contribution < -0.4 is 9.80 Å². The first-order valence-electron chi connectivity index (χ1n) is 20.5. The second-order valence-corrected chi connectivity index (χ2v) is 20.4. The SMILES string of the molecule is Cc1ccc(N(c2ccc(C(C)(C)C)cc2)c2cc(C(C)(C)C)cc(N(c3ccc(C)cc3)c3ccc(C(C)(C)C)cc3-c3ccc(C(C)(C)C)cc3)c2Cl)cc1. The normalized spacial score (nSPS) is 12.5. The van der Waals surface area contributed by atoms with E-state index in [2.05, 4.69) is 234 Å². The van der Waals surface area contributed by atoms with Gasteiger partial charge in [0.05, 0.1) is 22.1 Å². The van der Waals surface area contributed by atoms with E-state index in [-0.39, 0.29) is 21.7 Å². The van der Waals surface area contributed by atoms with Gasteiger partial charge in [-0.25, -0.2) is 0 Å². The third kappa shape index (κ3) is 9.18. The summed E-state index contributed by atoms with van der Waals surface area (Å²) in [4.78, 5) is 4.71. The number of halogens is 1. The summed E-state index contributed by atoms with van der Waals surface area (Å²) in [5, 5.41) is 0.679. The molecule has 57 heavy (non-hydrogen) atoms. The Bertz CT molecular complexity index is 2320. The van der Waals surface area contributed by atoms with Gasteiger partial charge in [-0.05, 0) is 124 Å². The maximum Gasteiger partial charge on any atom is 0.0887 e. The molecule has 6 rings (SSSR count). The Kier molecular flexibility index (Phi) is 11.4. The Labute approximate surface area is 349 Å². The zero-order valence-corrected chi connectivity index (χ0v) is 37.7. The molecule has 0 fully saturated rings. The fourth-order valence-corrected chi connectivity index (χ4v) is 7.54. The summed E-state index contributed by atoms with van der Waals surface area (Å²) in [6.07, 6.45) is 0. The Morgan fingerprint density at radius 1 is 0.351 bits per heavy atom. The second-order valence-electron chi connectivity index (χ2n) is 20.0. The molecule has 0 spiro atoms. The minimum Gasteiger partial charge on any atom is -0.309 e. The van der Waals surface area contributed by atoms with Crippen molar-refractivity contribution in [1.29, 1.82) is 0 Å². The minimum atomic E-state index is -0.177. The van der Waals surface area contributed by atoms with Gasteiger partial charge in [0, 0.05) is 22.6 Å². The first kappa shape index (κ1) is 41.8. The van der Waals surface area contributed by atoms with Crippen LogP contribution in [0.5, 0.6) is 0 Å². The first-order valence-corrected chi connectivity index (χ1v) is 20.8. The molecule has 0 radical (unpaired) electrons. The van der Waals surface area contributed by atoms with Gasteiger partial charge in [-0.15, -0.1) is 0 Å². The van der Waals surface area contributed by atoms with Crippen molar-refractivity contribution in [3.8, 4) is 11.1 Å².